The van der Waals surface area contributed by atoms with Gasteiger partial charge in [-0.1, -0.05) is 12.1 Å². The zero-order valence-corrected chi connectivity index (χ0v) is 17.0. The van der Waals surface area contributed by atoms with Crippen molar-refractivity contribution >= 4 is 35.0 Å². The molecule has 0 saturated carbocycles. The van der Waals surface area contributed by atoms with Crippen molar-refractivity contribution in [3.05, 3.63) is 83.9 Å². The highest BCUT2D eigenvalue weighted by Gasteiger charge is 2.31. The number of nitrogens with one attached hydrogen (secondary N) is 2. The molecule has 2 N–H and O–H groups in total. The molecule has 0 aliphatic heterocycles. The Bertz CT molecular complexity index is 1070. The Labute approximate surface area is 180 Å². The van der Waals surface area contributed by atoms with Gasteiger partial charge >= 0.3 is 5.51 Å². The lowest BCUT2D eigenvalue weighted by atomic mass is 10.1. The fourth-order valence-electron chi connectivity index (χ4n) is 2.65. The predicted octanol–water partition coefficient (Wildman–Crippen LogP) is 5.81. The lowest BCUT2D eigenvalue weighted by Gasteiger charge is -2.12. The molecule has 0 heterocycles. The third-order valence-corrected chi connectivity index (χ3v) is 4.92. The number of methoxy groups -OCH3 is 1. The first kappa shape index (κ1) is 22.2. The zero-order valence-electron chi connectivity index (χ0n) is 16.2. The number of halogens is 3. The van der Waals surface area contributed by atoms with Crippen LogP contribution in [0.5, 0.6) is 5.75 Å². The van der Waals surface area contributed by atoms with Crippen LogP contribution in [0.15, 0.2) is 77.7 Å². The Morgan fingerprint density at radius 3 is 1.94 bits per heavy atom. The molecule has 0 atom stereocenters. The second kappa shape index (κ2) is 9.57. The van der Waals surface area contributed by atoms with E-state index in [1.807, 2.05) is 0 Å². The minimum Gasteiger partial charge on any atom is -0.497 e. The fourth-order valence-corrected chi connectivity index (χ4v) is 3.32. The first-order chi connectivity index (χ1) is 14.7. The first-order valence-electron chi connectivity index (χ1n) is 8.97. The van der Waals surface area contributed by atoms with E-state index in [0.717, 1.165) is 0 Å². The number of benzene rings is 3. The van der Waals surface area contributed by atoms with Gasteiger partial charge in [0.05, 0.1) is 12.7 Å². The van der Waals surface area contributed by atoms with Crippen LogP contribution in [0.25, 0.3) is 0 Å². The summed E-state index contributed by atoms with van der Waals surface area (Å²) in [7, 11) is 1.54. The van der Waals surface area contributed by atoms with E-state index in [9.17, 15) is 22.8 Å². The highest BCUT2D eigenvalue weighted by atomic mass is 32.2. The fraction of sp³-hybridized carbons (Fsp3) is 0.0909. The molecule has 0 unspecified atom stereocenters. The standard InChI is InChI=1S/C22H17F3N2O3S/c1-30-17-12-10-16(11-13-17)26-20(28)14-6-8-15(9-7-14)27-21(29)18-4-2-3-5-19(18)31-22(23,24)25/h2-13H,1H3,(H,26,28)(H,27,29). The Kier molecular flexibility index (Phi) is 6.86. The topological polar surface area (TPSA) is 67.4 Å². The van der Waals surface area contributed by atoms with Crippen molar-refractivity contribution < 1.29 is 27.5 Å². The van der Waals surface area contributed by atoms with E-state index in [-0.39, 0.29) is 28.1 Å². The van der Waals surface area contributed by atoms with Crippen molar-refractivity contribution in [3.8, 4) is 5.75 Å². The van der Waals surface area contributed by atoms with Crippen LogP contribution in [-0.2, 0) is 0 Å². The van der Waals surface area contributed by atoms with Gasteiger partial charge in [0.15, 0.2) is 0 Å². The molecule has 3 aromatic carbocycles. The quantitative estimate of drug-likeness (QED) is 0.469. The average molecular weight is 446 g/mol. The van der Waals surface area contributed by atoms with Crippen LogP contribution >= 0.6 is 11.8 Å². The molecule has 9 heteroatoms. The maximum atomic E-state index is 12.7. The van der Waals surface area contributed by atoms with E-state index in [4.69, 9.17) is 4.74 Å². The van der Waals surface area contributed by atoms with Crippen LogP contribution in [0.1, 0.15) is 20.7 Å². The van der Waals surface area contributed by atoms with Crippen molar-refractivity contribution in [3.63, 3.8) is 0 Å². The minimum absolute atomic E-state index is 0.0915. The summed E-state index contributed by atoms with van der Waals surface area (Å²) in [6.45, 7) is 0. The van der Waals surface area contributed by atoms with Crippen molar-refractivity contribution in [2.24, 2.45) is 0 Å². The minimum atomic E-state index is -4.50. The molecule has 3 rings (SSSR count). The summed E-state index contributed by atoms with van der Waals surface area (Å²) >= 11 is -0.346. The van der Waals surface area contributed by atoms with Gasteiger partial charge in [-0.15, -0.1) is 0 Å². The zero-order chi connectivity index (χ0) is 22.4. The van der Waals surface area contributed by atoms with E-state index >= 15 is 0 Å². The molecule has 0 aliphatic rings. The molecule has 0 spiro atoms. The summed E-state index contributed by atoms with van der Waals surface area (Å²) in [6, 6.07) is 18.3. The number of ether oxygens (including phenoxy) is 1. The predicted molar refractivity (Wildman–Crippen MR) is 114 cm³/mol. The number of carbonyl (C=O) groups excluding carboxylic acids is 2. The molecule has 0 aromatic heterocycles. The van der Waals surface area contributed by atoms with Crippen molar-refractivity contribution in [2.45, 2.75) is 10.4 Å². The SMILES string of the molecule is COc1ccc(NC(=O)c2ccc(NC(=O)c3ccccc3SC(F)(F)F)cc2)cc1. The molecule has 0 radical (unpaired) electrons. The lowest BCUT2D eigenvalue weighted by Crippen LogP contribution is -2.15. The van der Waals surface area contributed by atoms with E-state index in [1.54, 1.807) is 31.4 Å². The monoisotopic (exact) mass is 446 g/mol. The van der Waals surface area contributed by atoms with Gasteiger partial charge in [-0.25, -0.2) is 0 Å². The second-order valence-corrected chi connectivity index (χ2v) is 7.36. The highest BCUT2D eigenvalue weighted by Crippen LogP contribution is 2.38. The number of hydrogen-bond donors (Lipinski definition) is 2. The molecular formula is C22H17F3N2O3S. The smallest absolute Gasteiger partial charge is 0.446 e. The molecule has 2 amide bonds. The first-order valence-corrected chi connectivity index (χ1v) is 9.78. The Balaban J connectivity index is 1.66. The third kappa shape index (κ3) is 6.26. The van der Waals surface area contributed by atoms with Crippen molar-refractivity contribution in [2.75, 3.05) is 17.7 Å². The van der Waals surface area contributed by atoms with Crippen LogP contribution in [0.2, 0.25) is 0 Å². The third-order valence-electron chi connectivity index (χ3n) is 4.11. The summed E-state index contributed by atoms with van der Waals surface area (Å²) in [5.41, 5.74) is -3.32. The number of hydrogen-bond acceptors (Lipinski definition) is 4. The van der Waals surface area contributed by atoms with Gasteiger partial charge in [0.25, 0.3) is 11.8 Å². The molecule has 0 aliphatic carbocycles. The Morgan fingerprint density at radius 1 is 0.806 bits per heavy atom. The molecule has 31 heavy (non-hydrogen) atoms. The van der Waals surface area contributed by atoms with Crippen molar-refractivity contribution in [1.82, 2.24) is 0 Å². The van der Waals surface area contributed by atoms with Gasteiger partial charge in [0.2, 0.25) is 0 Å². The summed E-state index contributed by atoms with van der Waals surface area (Å²) in [5.74, 6) is -0.369. The maximum absolute atomic E-state index is 12.7. The summed E-state index contributed by atoms with van der Waals surface area (Å²) in [5, 5.41) is 5.28. The van der Waals surface area contributed by atoms with Gasteiger partial charge < -0.3 is 15.4 Å². The van der Waals surface area contributed by atoms with Crippen LogP contribution in [0, 0.1) is 0 Å². The van der Waals surface area contributed by atoms with Gasteiger partial charge in [-0.2, -0.15) is 13.2 Å². The van der Waals surface area contributed by atoms with Gasteiger partial charge in [0.1, 0.15) is 5.75 Å². The highest BCUT2D eigenvalue weighted by molar-refractivity contribution is 8.00. The normalized spacial score (nSPS) is 11.0. The second-order valence-electron chi connectivity index (χ2n) is 6.26. The van der Waals surface area contributed by atoms with E-state index in [1.165, 1.54) is 48.5 Å². The van der Waals surface area contributed by atoms with Gasteiger partial charge in [0, 0.05) is 21.8 Å². The average Bonchev–Trinajstić information content (AvgIpc) is 2.74. The molecular weight excluding hydrogens is 429 g/mol. The number of amides is 2. The number of anilines is 2. The van der Waals surface area contributed by atoms with E-state index in [2.05, 4.69) is 10.6 Å². The molecule has 3 aromatic rings. The molecule has 0 bridgehead atoms. The lowest BCUT2D eigenvalue weighted by molar-refractivity contribution is -0.0328. The van der Waals surface area contributed by atoms with E-state index in [0.29, 0.717) is 22.7 Å². The van der Waals surface area contributed by atoms with Crippen LogP contribution in [0.4, 0.5) is 24.5 Å². The molecule has 5 nitrogen and oxygen atoms in total. The maximum Gasteiger partial charge on any atom is 0.446 e. The number of carbonyl (C=O) groups is 2. The van der Waals surface area contributed by atoms with Gasteiger partial charge in [-0.3, -0.25) is 9.59 Å². The number of alkyl halides is 3. The molecule has 160 valence electrons. The van der Waals surface area contributed by atoms with Crippen LogP contribution < -0.4 is 15.4 Å². The van der Waals surface area contributed by atoms with Crippen LogP contribution in [-0.4, -0.2) is 24.4 Å². The molecule has 0 saturated heterocycles. The van der Waals surface area contributed by atoms with Crippen molar-refractivity contribution in [1.29, 1.82) is 0 Å². The van der Waals surface area contributed by atoms with E-state index < -0.39 is 11.4 Å². The Hall–Kier alpha value is -3.46. The number of thioether (sulfide) groups is 1. The summed E-state index contributed by atoms with van der Waals surface area (Å²) < 4.78 is 43.2. The number of rotatable bonds is 6. The summed E-state index contributed by atoms with van der Waals surface area (Å²) in [6.07, 6.45) is 0. The van der Waals surface area contributed by atoms with Gasteiger partial charge in [-0.05, 0) is 72.4 Å². The van der Waals surface area contributed by atoms with Crippen LogP contribution in [0.3, 0.4) is 0 Å². The summed E-state index contributed by atoms with van der Waals surface area (Å²) in [4.78, 5) is 24.6. The Morgan fingerprint density at radius 2 is 1.35 bits per heavy atom. The molecule has 0 fully saturated rings. The largest absolute Gasteiger partial charge is 0.497 e.